The molecule has 1 aliphatic heterocycles. The number of carbonyl (C=O) groups excluding carboxylic acids is 1. The summed E-state index contributed by atoms with van der Waals surface area (Å²) >= 11 is 0. The van der Waals surface area contributed by atoms with E-state index in [0.717, 1.165) is 38.0 Å². The van der Waals surface area contributed by atoms with Crippen molar-refractivity contribution in [1.82, 2.24) is 29.7 Å². The van der Waals surface area contributed by atoms with Crippen molar-refractivity contribution in [1.29, 1.82) is 0 Å². The van der Waals surface area contributed by atoms with Crippen LogP contribution in [-0.2, 0) is 10.2 Å². The highest BCUT2D eigenvalue weighted by molar-refractivity contribution is 5.89. The summed E-state index contributed by atoms with van der Waals surface area (Å²) in [6.07, 6.45) is 9.83. The highest BCUT2D eigenvalue weighted by Gasteiger charge is 2.32. The number of hydrogen-bond acceptors (Lipinski definition) is 7. The zero-order chi connectivity index (χ0) is 26.7. The van der Waals surface area contributed by atoms with Crippen LogP contribution < -0.4 is 16.4 Å². The first kappa shape index (κ1) is 26.4. The summed E-state index contributed by atoms with van der Waals surface area (Å²) in [6.45, 7) is 9.01. The van der Waals surface area contributed by atoms with Gasteiger partial charge in [0.15, 0.2) is 11.5 Å². The van der Waals surface area contributed by atoms with Gasteiger partial charge in [0, 0.05) is 31.4 Å². The molecule has 1 saturated heterocycles. The Bertz CT molecular complexity index is 1230. The Morgan fingerprint density at radius 1 is 1.13 bits per heavy atom. The number of anilines is 2. The Hall–Kier alpha value is -3.24. The molecular formula is C28H40N8O2. The first-order chi connectivity index (χ1) is 18.3. The molecule has 2 amide bonds. The smallest absolute Gasteiger partial charge is 0.319 e. The predicted octanol–water partition coefficient (Wildman–Crippen LogP) is 4.45. The number of imidazole rings is 1. The van der Waals surface area contributed by atoms with Gasteiger partial charge in [-0.2, -0.15) is 0 Å². The number of nitrogens with two attached hydrogens (primary N) is 1. The third-order valence-electron chi connectivity index (χ3n) is 7.73. The van der Waals surface area contributed by atoms with Gasteiger partial charge in [0.05, 0.1) is 12.4 Å². The van der Waals surface area contributed by atoms with E-state index in [1.165, 1.54) is 31.2 Å². The number of nitrogen functional groups attached to an aromatic ring is 1. The topological polar surface area (TPSA) is 123 Å². The number of fused-ring (bicyclic) bond motifs is 1. The molecule has 0 radical (unpaired) electrons. The minimum atomic E-state index is -0.164. The van der Waals surface area contributed by atoms with Gasteiger partial charge >= 0.3 is 6.03 Å². The summed E-state index contributed by atoms with van der Waals surface area (Å²) in [5.74, 6) is 0.389. The van der Waals surface area contributed by atoms with Crippen LogP contribution in [0.25, 0.3) is 11.2 Å². The minimum absolute atomic E-state index is 0.0921. The van der Waals surface area contributed by atoms with Crippen molar-refractivity contribution >= 4 is 28.7 Å². The molecular weight excluding hydrogens is 480 g/mol. The Balaban J connectivity index is 1.08. The van der Waals surface area contributed by atoms with Gasteiger partial charge in [0.25, 0.3) is 0 Å². The van der Waals surface area contributed by atoms with E-state index in [1.54, 1.807) is 6.33 Å². The molecule has 3 aromatic rings. The Kier molecular flexibility index (Phi) is 7.80. The number of ether oxygens (including phenoxy) is 1. The molecule has 1 aliphatic carbocycles. The first-order valence-corrected chi connectivity index (χ1v) is 13.8. The summed E-state index contributed by atoms with van der Waals surface area (Å²) < 4.78 is 8.42. The molecule has 2 unspecified atom stereocenters. The average molecular weight is 521 g/mol. The number of nitrogens with one attached hydrogen (secondary N) is 2. The van der Waals surface area contributed by atoms with Crippen molar-refractivity contribution in [2.24, 2.45) is 0 Å². The van der Waals surface area contributed by atoms with Crippen molar-refractivity contribution in [2.45, 2.75) is 83.1 Å². The molecule has 2 aliphatic rings. The van der Waals surface area contributed by atoms with Gasteiger partial charge in [-0.25, -0.2) is 19.7 Å². The van der Waals surface area contributed by atoms with E-state index in [-0.39, 0.29) is 23.8 Å². The largest absolute Gasteiger partial charge is 0.382 e. The van der Waals surface area contributed by atoms with E-state index in [1.807, 2.05) is 16.7 Å². The van der Waals surface area contributed by atoms with Crippen LogP contribution in [0, 0.1) is 0 Å². The number of aromatic nitrogens is 4. The lowest BCUT2D eigenvalue weighted by molar-refractivity contribution is -0.0241. The van der Waals surface area contributed by atoms with Gasteiger partial charge in [-0.1, -0.05) is 39.3 Å². The van der Waals surface area contributed by atoms with Crippen molar-refractivity contribution < 1.29 is 9.53 Å². The number of amides is 2. The zero-order valence-corrected chi connectivity index (χ0v) is 22.7. The number of urea groups is 1. The van der Waals surface area contributed by atoms with Gasteiger partial charge in [0.2, 0.25) is 0 Å². The van der Waals surface area contributed by atoms with Crippen LogP contribution in [0.15, 0.2) is 36.9 Å². The maximum atomic E-state index is 12.4. The number of hydrogen-bond donors (Lipinski definition) is 3. The maximum absolute atomic E-state index is 12.4. The lowest BCUT2D eigenvalue weighted by Gasteiger charge is -2.39. The standard InChI is InChI=1S/C28H40N8O2/c1-28(2,3)19-8-10-20(11-9-19)34-27(37)30-14-5-15-35(21-6-4-7-21)16-22-12-13-23(38-22)36-18-33-24-25(29)31-17-32-26(24)36/h8-11,17-18,21-23H,4-7,12-16H2,1-3H3,(H2,29,31,32)(H2,30,34,37). The summed E-state index contributed by atoms with van der Waals surface area (Å²) in [5, 5.41) is 5.95. The van der Waals surface area contributed by atoms with E-state index in [4.69, 9.17) is 10.5 Å². The highest BCUT2D eigenvalue weighted by atomic mass is 16.5. The van der Waals surface area contributed by atoms with Crippen LogP contribution in [0.5, 0.6) is 0 Å². The molecule has 0 spiro atoms. The van der Waals surface area contributed by atoms with Gasteiger partial charge in [-0.3, -0.25) is 9.47 Å². The second-order valence-electron chi connectivity index (χ2n) is 11.5. The van der Waals surface area contributed by atoms with Crippen molar-refractivity contribution in [2.75, 3.05) is 30.7 Å². The van der Waals surface area contributed by atoms with Crippen molar-refractivity contribution in [3.8, 4) is 0 Å². The summed E-state index contributed by atoms with van der Waals surface area (Å²) in [4.78, 5) is 27.7. The molecule has 2 atom stereocenters. The van der Waals surface area contributed by atoms with Crippen LogP contribution in [0.2, 0.25) is 0 Å². The molecule has 4 N–H and O–H groups in total. The molecule has 1 saturated carbocycles. The van der Waals surface area contributed by atoms with Crippen LogP contribution >= 0.6 is 0 Å². The molecule has 38 heavy (non-hydrogen) atoms. The molecule has 3 heterocycles. The van der Waals surface area contributed by atoms with Crippen LogP contribution in [0.4, 0.5) is 16.3 Å². The van der Waals surface area contributed by atoms with Crippen LogP contribution in [0.1, 0.15) is 71.1 Å². The summed E-state index contributed by atoms with van der Waals surface area (Å²) in [6, 6.07) is 8.50. The normalized spacial score (nSPS) is 20.1. The molecule has 0 bridgehead atoms. The number of carbonyl (C=O) groups is 1. The van der Waals surface area contributed by atoms with Gasteiger partial charge in [0.1, 0.15) is 18.1 Å². The molecule has 10 nitrogen and oxygen atoms in total. The molecule has 204 valence electrons. The highest BCUT2D eigenvalue weighted by Crippen LogP contribution is 2.33. The van der Waals surface area contributed by atoms with Crippen molar-refractivity contribution in [3.05, 3.63) is 42.5 Å². The van der Waals surface area contributed by atoms with Crippen LogP contribution in [-0.4, -0.2) is 62.2 Å². The fourth-order valence-corrected chi connectivity index (χ4v) is 5.26. The third kappa shape index (κ3) is 6.07. The summed E-state index contributed by atoms with van der Waals surface area (Å²) in [5.41, 5.74) is 9.42. The van der Waals surface area contributed by atoms with Gasteiger partial charge < -0.3 is 21.1 Å². The maximum Gasteiger partial charge on any atom is 0.319 e. The Morgan fingerprint density at radius 3 is 2.63 bits per heavy atom. The predicted molar refractivity (Wildman–Crippen MR) is 149 cm³/mol. The second kappa shape index (κ2) is 11.2. The third-order valence-corrected chi connectivity index (χ3v) is 7.73. The molecule has 2 aromatic heterocycles. The number of rotatable bonds is 9. The Labute approximate surface area is 224 Å². The van der Waals surface area contributed by atoms with E-state index in [0.29, 0.717) is 29.6 Å². The fraction of sp³-hybridized carbons (Fsp3) is 0.571. The Morgan fingerprint density at radius 2 is 1.92 bits per heavy atom. The molecule has 5 rings (SSSR count). The molecule has 10 heteroatoms. The van der Waals surface area contributed by atoms with E-state index < -0.39 is 0 Å². The SMILES string of the molecule is CC(C)(C)c1ccc(NC(=O)NCCCN(CC2CCC(n3cnc4c(N)ncnc43)O2)C2CCC2)cc1. The first-order valence-electron chi connectivity index (χ1n) is 13.8. The van der Waals surface area contributed by atoms with Gasteiger partial charge in [-0.15, -0.1) is 0 Å². The van der Waals surface area contributed by atoms with E-state index in [2.05, 4.69) is 63.4 Å². The molecule has 1 aromatic carbocycles. The quantitative estimate of drug-likeness (QED) is 0.356. The van der Waals surface area contributed by atoms with Crippen LogP contribution in [0.3, 0.4) is 0 Å². The summed E-state index contributed by atoms with van der Waals surface area (Å²) in [7, 11) is 0. The molecule has 2 fully saturated rings. The van der Waals surface area contributed by atoms with E-state index >= 15 is 0 Å². The van der Waals surface area contributed by atoms with Gasteiger partial charge in [-0.05, 0) is 55.2 Å². The van der Waals surface area contributed by atoms with Crippen molar-refractivity contribution in [3.63, 3.8) is 0 Å². The lowest BCUT2D eigenvalue weighted by Crippen LogP contribution is -2.45. The second-order valence-corrected chi connectivity index (χ2v) is 11.5. The number of nitrogens with zero attached hydrogens (tertiary/aromatic N) is 5. The fourth-order valence-electron chi connectivity index (χ4n) is 5.26. The monoisotopic (exact) mass is 520 g/mol. The zero-order valence-electron chi connectivity index (χ0n) is 22.7. The lowest BCUT2D eigenvalue weighted by atomic mass is 9.87. The minimum Gasteiger partial charge on any atom is -0.382 e. The average Bonchev–Trinajstić information content (AvgIpc) is 3.48. The van der Waals surface area contributed by atoms with E-state index in [9.17, 15) is 4.79 Å². The number of benzene rings is 1.